The quantitative estimate of drug-likeness (QED) is 0.837. The number of thioether (sulfide) groups is 1. The number of thiazole rings is 1. The van der Waals surface area contributed by atoms with E-state index < -0.39 is 0 Å². The normalized spacial score (nSPS) is 10.7. The summed E-state index contributed by atoms with van der Waals surface area (Å²) in [6.45, 7) is 2.15. The van der Waals surface area contributed by atoms with Crippen molar-refractivity contribution in [2.24, 2.45) is 0 Å². The van der Waals surface area contributed by atoms with Crippen LogP contribution in [-0.2, 0) is 0 Å². The van der Waals surface area contributed by atoms with Crippen LogP contribution in [-0.4, -0.2) is 10.7 Å². The molecular formula is C12H13ClN2S2. The summed E-state index contributed by atoms with van der Waals surface area (Å²) in [4.78, 5) is 4.55. The number of nitrogens with zero attached hydrogens (tertiary/aromatic N) is 1. The van der Waals surface area contributed by atoms with Crippen LogP contribution in [0.4, 0.5) is 5.00 Å². The maximum Gasteiger partial charge on any atom is 0.152 e. The first-order valence-electron chi connectivity index (χ1n) is 5.36. The summed E-state index contributed by atoms with van der Waals surface area (Å²) in [6.07, 6.45) is 1.13. The predicted molar refractivity (Wildman–Crippen MR) is 78.0 cm³/mol. The predicted octanol–water partition coefficient (Wildman–Crippen LogP) is 4.55. The summed E-state index contributed by atoms with van der Waals surface area (Å²) in [7, 11) is 0. The van der Waals surface area contributed by atoms with E-state index in [1.807, 2.05) is 24.3 Å². The van der Waals surface area contributed by atoms with Crippen LogP contribution in [0.3, 0.4) is 0 Å². The monoisotopic (exact) mass is 284 g/mol. The molecule has 0 fully saturated rings. The first-order chi connectivity index (χ1) is 8.22. The van der Waals surface area contributed by atoms with Gasteiger partial charge in [-0.25, -0.2) is 4.98 Å². The van der Waals surface area contributed by atoms with Crippen LogP contribution in [0.15, 0.2) is 28.6 Å². The van der Waals surface area contributed by atoms with Gasteiger partial charge in [0, 0.05) is 11.3 Å². The average molecular weight is 285 g/mol. The number of nitrogens with two attached hydrogens (primary N) is 1. The van der Waals surface area contributed by atoms with Gasteiger partial charge in [0.1, 0.15) is 10.7 Å². The van der Waals surface area contributed by atoms with Crippen LogP contribution >= 0.6 is 34.7 Å². The molecule has 0 aliphatic carbocycles. The fraction of sp³-hybridized carbons (Fsp3) is 0.250. The van der Waals surface area contributed by atoms with E-state index in [9.17, 15) is 0 Å². The topological polar surface area (TPSA) is 38.9 Å². The minimum Gasteiger partial charge on any atom is -0.389 e. The van der Waals surface area contributed by atoms with Gasteiger partial charge in [0.05, 0.1) is 5.02 Å². The second-order valence-electron chi connectivity index (χ2n) is 3.52. The Labute approximate surface area is 114 Å². The van der Waals surface area contributed by atoms with Crippen LogP contribution in [0.5, 0.6) is 0 Å². The molecule has 0 amide bonds. The fourth-order valence-electron chi connectivity index (χ4n) is 1.41. The molecule has 17 heavy (non-hydrogen) atoms. The van der Waals surface area contributed by atoms with Crippen molar-refractivity contribution in [1.82, 2.24) is 4.98 Å². The highest BCUT2D eigenvalue weighted by Crippen LogP contribution is 2.38. The van der Waals surface area contributed by atoms with Gasteiger partial charge in [0.2, 0.25) is 0 Å². The molecule has 0 saturated carbocycles. The molecule has 5 heteroatoms. The molecule has 0 atom stereocenters. The van der Waals surface area contributed by atoms with Crippen molar-refractivity contribution >= 4 is 39.7 Å². The van der Waals surface area contributed by atoms with Gasteiger partial charge in [-0.1, -0.05) is 59.8 Å². The molecule has 1 heterocycles. The number of aromatic nitrogens is 1. The van der Waals surface area contributed by atoms with Crippen molar-refractivity contribution in [1.29, 1.82) is 0 Å². The molecule has 2 N–H and O–H groups in total. The maximum absolute atomic E-state index is 6.15. The SMILES string of the molecule is CCCSc1nc(-c2ccccc2Cl)c(N)s1. The molecule has 2 rings (SSSR count). The Morgan fingerprint density at radius 2 is 2.18 bits per heavy atom. The number of benzene rings is 1. The van der Waals surface area contributed by atoms with Crippen molar-refractivity contribution in [2.75, 3.05) is 11.5 Å². The molecule has 0 aliphatic heterocycles. The van der Waals surface area contributed by atoms with Crippen molar-refractivity contribution in [3.05, 3.63) is 29.3 Å². The van der Waals surface area contributed by atoms with Gasteiger partial charge in [-0.2, -0.15) is 0 Å². The van der Waals surface area contributed by atoms with Crippen LogP contribution in [0, 0.1) is 0 Å². The minimum absolute atomic E-state index is 0.691. The number of anilines is 1. The summed E-state index contributed by atoms with van der Waals surface area (Å²) in [5.74, 6) is 1.06. The van der Waals surface area contributed by atoms with Gasteiger partial charge < -0.3 is 5.73 Å². The Morgan fingerprint density at radius 3 is 2.88 bits per heavy atom. The van der Waals surface area contributed by atoms with Gasteiger partial charge in [-0.15, -0.1) is 0 Å². The smallest absolute Gasteiger partial charge is 0.152 e. The third kappa shape index (κ3) is 2.94. The molecule has 1 aromatic heterocycles. The van der Waals surface area contributed by atoms with Crippen LogP contribution in [0.25, 0.3) is 11.3 Å². The number of rotatable bonds is 4. The van der Waals surface area contributed by atoms with Gasteiger partial charge in [-0.05, 0) is 12.5 Å². The van der Waals surface area contributed by atoms with Gasteiger partial charge in [-0.3, -0.25) is 0 Å². The van der Waals surface area contributed by atoms with Crippen LogP contribution < -0.4 is 5.73 Å². The summed E-state index contributed by atoms with van der Waals surface area (Å²) >= 11 is 9.42. The molecule has 0 saturated heterocycles. The summed E-state index contributed by atoms with van der Waals surface area (Å²) in [5.41, 5.74) is 7.71. The van der Waals surface area contributed by atoms with Gasteiger partial charge in [0.25, 0.3) is 0 Å². The fourth-order valence-corrected chi connectivity index (χ4v) is 3.50. The molecule has 0 unspecified atom stereocenters. The Morgan fingerprint density at radius 1 is 1.41 bits per heavy atom. The maximum atomic E-state index is 6.15. The second-order valence-corrected chi connectivity index (χ2v) is 6.30. The van der Waals surface area contributed by atoms with Crippen molar-refractivity contribution in [3.63, 3.8) is 0 Å². The number of nitrogen functional groups attached to an aromatic ring is 1. The number of hydrogen-bond acceptors (Lipinski definition) is 4. The summed E-state index contributed by atoms with van der Waals surface area (Å²) < 4.78 is 1.01. The van der Waals surface area contributed by atoms with Crippen LogP contribution in [0.1, 0.15) is 13.3 Å². The Balaban J connectivity index is 2.33. The lowest BCUT2D eigenvalue weighted by Crippen LogP contribution is -1.86. The Bertz CT molecular complexity index is 511. The van der Waals surface area contributed by atoms with Gasteiger partial charge >= 0.3 is 0 Å². The van der Waals surface area contributed by atoms with E-state index in [0.717, 1.165) is 32.8 Å². The third-order valence-electron chi connectivity index (χ3n) is 2.19. The largest absolute Gasteiger partial charge is 0.389 e. The highest BCUT2D eigenvalue weighted by atomic mass is 35.5. The van der Waals surface area contributed by atoms with E-state index in [-0.39, 0.29) is 0 Å². The zero-order valence-electron chi connectivity index (χ0n) is 9.44. The van der Waals surface area contributed by atoms with E-state index >= 15 is 0 Å². The van der Waals surface area contributed by atoms with E-state index in [0.29, 0.717) is 5.02 Å². The highest BCUT2D eigenvalue weighted by Gasteiger charge is 2.13. The Hall–Kier alpha value is -0.710. The molecular weight excluding hydrogens is 272 g/mol. The molecule has 2 nitrogen and oxygen atoms in total. The minimum atomic E-state index is 0.691. The van der Waals surface area contributed by atoms with Crippen molar-refractivity contribution in [2.45, 2.75) is 17.7 Å². The lowest BCUT2D eigenvalue weighted by molar-refractivity contribution is 1.10. The van der Waals surface area contributed by atoms with Gasteiger partial charge in [0.15, 0.2) is 4.34 Å². The lowest BCUT2D eigenvalue weighted by atomic mass is 10.2. The first-order valence-corrected chi connectivity index (χ1v) is 7.54. The van der Waals surface area contributed by atoms with E-state index in [1.54, 1.807) is 11.8 Å². The van der Waals surface area contributed by atoms with E-state index in [1.165, 1.54) is 11.3 Å². The second kappa shape index (κ2) is 5.76. The number of hydrogen-bond donors (Lipinski definition) is 1. The molecule has 2 aromatic rings. The highest BCUT2D eigenvalue weighted by molar-refractivity contribution is 8.01. The average Bonchev–Trinajstić information content (AvgIpc) is 2.68. The zero-order valence-corrected chi connectivity index (χ0v) is 11.8. The zero-order chi connectivity index (χ0) is 12.3. The standard InChI is InChI=1S/C12H13ClN2S2/c1-2-7-16-12-15-10(11(14)17-12)8-5-3-4-6-9(8)13/h3-6H,2,7,14H2,1H3. The summed E-state index contributed by atoms with van der Waals surface area (Å²) in [5, 5.41) is 1.42. The Kier molecular flexibility index (Phi) is 4.31. The summed E-state index contributed by atoms with van der Waals surface area (Å²) in [6, 6.07) is 7.65. The third-order valence-corrected chi connectivity index (χ3v) is 4.76. The van der Waals surface area contributed by atoms with Crippen LogP contribution in [0.2, 0.25) is 5.02 Å². The van der Waals surface area contributed by atoms with Crippen molar-refractivity contribution in [3.8, 4) is 11.3 Å². The molecule has 0 radical (unpaired) electrons. The molecule has 0 aliphatic rings. The molecule has 1 aromatic carbocycles. The molecule has 0 spiro atoms. The van der Waals surface area contributed by atoms with E-state index in [2.05, 4.69) is 11.9 Å². The lowest BCUT2D eigenvalue weighted by Gasteiger charge is -2.00. The molecule has 90 valence electrons. The molecule has 0 bridgehead atoms. The number of halogens is 1. The van der Waals surface area contributed by atoms with E-state index in [4.69, 9.17) is 17.3 Å². The van der Waals surface area contributed by atoms with Crippen molar-refractivity contribution < 1.29 is 0 Å². The first kappa shape index (κ1) is 12.7.